The molecule has 2 fully saturated rings. The van der Waals surface area contributed by atoms with Crippen LogP contribution in [0.5, 0.6) is 0 Å². The molecule has 6 heteroatoms. The molecule has 3 heterocycles. The monoisotopic (exact) mass is 305 g/mol. The molecule has 3 rings (SSSR count). The number of aromatic nitrogens is 1. The fourth-order valence-electron chi connectivity index (χ4n) is 3.24. The third-order valence-electron chi connectivity index (χ3n) is 4.37. The number of carbonyl (C=O) groups excluding carboxylic acids is 1. The number of hydrogen-bond donors (Lipinski definition) is 1. The summed E-state index contributed by atoms with van der Waals surface area (Å²) >= 11 is 0. The summed E-state index contributed by atoms with van der Waals surface area (Å²) in [6, 6.07) is 3.84. The van der Waals surface area contributed by atoms with Crippen molar-refractivity contribution < 1.29 is 14.3 Å². The summed E-state index contributed by atoms with van der Waals surface area (Å²) in [5.41, 5.74) is 1.01. The molecular formula is C16H23N3O3. The van der Waals surface area contributed by atoms with E-state index in [1.807, 2.05) is 12.1 Å². The summed E-state index contributed by atoms with van der Waals surface area (Å²) in [6.07, 6.45) is 4.49. The van der Waals surface area contributed by atoms with Crippen molar-refractivity contribution in [3.63, 3.8) is 0 Å². The van der Waals surface area contributed by atoms with Gasteiger partial charge in [0.1, 0.15) is 0 Å². The first-order chi connectivity index (χ1) is 10.8. The number of nitrogens with one attached hydrogen (secondary N) is 1. The Labute approximate surface area is 130 Å². The highest BCUT2D eigenvalue weighted by atomic mass is 16.5. The second kappa shape index (κ2) is 7.17. The van der Waals surface area contributed by atoms with E-state index >= 15 is 0 Å². The van der Waals surface area contributed by atoms with E-state index in [1.165, 1.54) is 0 Å². The van der Waals surface area contributed by atoms with Gasteiger partial charge in [0.15, 0.2) is 0 Å². The third kappa shape index (κ3) is 3.63. The Balaban J connectivity index is 1.51. The SMILES string of the molecule is COCCN1C[C@H]2C[C@@H](C(=O)NCc3cccnc3)[C@@H](C1)O2. The van der Waals surface area contributed by atoms with Gasteiger partial charge in [0.05, 0.1) is 24.7 Å². The molecule has 6 nitrogen and oxygen atoms in total. The second-order valence-electron chi connectivity index (χ2n) is 5.97. The normalized spacial score (nSPS) is 27.8. The van der Waals surface area contributed by atoms with Gasteiger partial charge < -0.3 is 14.8 Å². The summed E-state index contributed by atoms with van der Waals surface area (Å²) in [5, 5.41) is 3.01. The average molecular weight is 305 g/mol. The van der Waals surface area contributed by atoms with Crippen LogP contribution in [0.2, 0.25) is 0 Å². The molecule has 22 heavy (non-hydrogen) atoms. The molecule has 1 aromatic rings. The van der Waals surface area contributed by atoms with Gasteiger partial charge in [-0.05, 0) is 18.1 Å². The minimum atomic E-state index is -0.0470. The Hall–Kier alpha value is -1.50. The van der Waals surface area contributed by atoms with Crippen LogP contribution in [-0.2, 0) is 20.8 Å². The first-order valence-corrected chi connectivity index (χ1v) is 7.79. The molecule has 0 saturated carbocycles. The van der Waals surface area contributed by atoms with Gasteiger partial charge in [0.2, 0.25) is 5.91 Å². The van der Waals surface area contributed by atoms with Gasteiger partial charge in [0, 0.05) is 45.7 Å². The van der Waals surface area contributed by atoms with Gasteiger partial charge in [0.25, 0.3) is 0 Å². The molecule has 2 bridgehead atoms. The summed E-state index contributed by atoms with van der Waals surface area (Å²) in [7, 11) is 1.71. The van der Waals surface area contributed by atoms with Crippen molar-refractivity contribution in [2.45, 2.75) is 25.2 Å². The number of methoxy groups -OCH3 is 1. The number of ether oxygens (including phenoxy) is 2. The number of fused-ring (bicyclic) bond motifs is 2. The van der Waals surface area contributed by atoms with Crippen molar-refractivity contribution in [2.75, 3.05) is 33.4 Å². The Morgan fingerprint density at radius 2 is 2.45 bits per heavy atom. The molecule has 2 aliphatic rings. The molecule has 0 aromatic carbocycles. The maximum absolute atomic E-state index is 12.4. The van der Waals surface area contributed by atoms with Crippen LogP contribution in [0.25, 0.3) is 0 Å². The van der Waals surface area contributed by atoms with Gasteiger partial charge in [-0.25, -0.2) is 0 Å². The van der Waals surface area contributed by atoms with Crippen LogP contribution in [-0.4, -0.2) is 61.3 Å². The lowest BCUT2D eigenvalue weighted by molar-refractivity contribution is -0.128. The van der Waals surface area contributed by atoms with Crippen molar-refractivity contribution in [1.82, 2.24) is 15.2 Å². The maximum atomic E-state index is 12.4. The Morgan fingerprint density at radius 3 is 3.23 bits per heavy atom. The number of nitrogens with zero attached hydrogens (tertiary/aromatic N) is 2. The molecule has 2 saturated heterocycles. The van der Waals surface area contributed by atoms with Crippen molar-refractivity contribution in [1.29, 1.82) is 0 Å². The molecule has 1 N–H and O–H groups in total. The van der Waals surface area contributed by atoms with E-state index < -0.39 is 0 Å². The van der Waals surface area contributed by atoms with Gasteiger partial charge in [-0.3, -0.25) is 14.7 Å². The largest absolute Gasteiger partial charge is 0.383 e. The van der Waals surface area contributed by atoms with E-state index in [9.17, 15) is 4.79 Å². The van der Waals surface area contributed by atoms with Gasteiger partial charge >= 0.3 is 0 Å². The van der Waals surface area contributed by atoms with Crippen molar-refractivity contribution in [3.8, 4) is 0 Å². The van der Waals surface area contributed by atoms with E-state index in [-0.39, 0.29) is 24.0 Å². The summed E-state index contributed by atoms with van der Waals surface area (Å²) in [5.74, 6) is 0.0409. The fraction of sp³-hybridized carbons (Fsp3) is 0.625. The Morgan fingerprint density at radius 1 is 1.55 bits per heavy atom. The third-order valence-corrected chi connectivity index (χ3v) is 4.37. The highest BCUT2D eigenvalue weighted by molar-refractivity contribution is 5.79. The Bertz CT molecular complexity index is 497. The first kappa shape index (κ1) is 15.4. The zero-order valence-electron chi connectivity index (χ0n) is 12.9. The van der Waals surface area contributed by atoms with Gasteiger partial charge in [-0.15, -0.1) is 0 Å². The van der Waals surface area contributed by atoms with Crippen molar-refractivity contribution in [3.05, 3.63) is 30.1 Å². The quantitative estimate of drug-likeness (QED) is 0.826. The van der Waals surface area contributed by atoms with Crippen LogP contribution < -0.4 is 5.32 Å². The van der Waals surface area contributed by atoms with E-state index in [2.05, 4.69) is 15.2 Å². The highest BCUT2D eigenvalue weighted by Gasteiger charge is 2.44. The molecule has 1 amide bonds. The molecule has 3 atom stereocenters. The van der Waals surface area contributed by atoms with E-state index in [0.29, 0.717) is 6.54 Å². The first-order valence-electron chi connectivity index (χ1n) is 7.79. The number of morpholine rings is 1. The number of likely N-dealkylation sites (tertiary alicyclic amines) is 1. The van der Waals surface area contributed by atoms with Crippen LogP contribution >= 0.6 is 0 Å². The molecule has 0 radical (unpaired) electrons. The lowest BCUT2D eigenvalue weighted by Gasteiger charge is -2.32. The zero-order chi connectivity index (χ0) is 15.4. The molecule has 120 valence electrons. The van der Waals surface area contributed by atoms with Crippen LogP contribution in [0, 0.1) is 5.92 Å². The number of carbonyl (C=O) groups is 1. The lowest BCUT2D eigenvalue weighted by Crippen LogP contribution is -2.46. The molecule has 0 unspecified atom stereocenters. The molecule has 2 aliphatic heterocycles. The Kier molecular flexibility index (Phi) is 5.02. The standard InChI is InChI=1S/C16H23N3O3/c1-21-6-5-19-10-13-7-14(15(11-19)22-13)16(20)18-9-12-3-2-4-17-8-12/h2-4,8,13-15H,5-7,9-11H2,1H3,(H,18,20)/t13-,14-,15-/m1/s1. The second-order valence-corrected chi connectivity index (χ2v) is 5.97. The lowest BCUT2D eigenvalue weighted by atomic mass is 9.99. The van der Waals surface area contributed by atoms with Crippen LogP contribution in [0.15, 0.2) is 24.5 Å². The van der Waals surface area contributed by atoms with Crippen molar-refractivity contribution >= 4 is 5.91 Å². The van der Waals surface area contributed by atoms with Crippen LogP contribution in [0.4, 0.5) is 0 Å². The number of hydrogen-bond acceptors (Lipinski definition) is 5. The van der Waals surface area contributed by atoms with E-state index in [4.69, 9.17) is 9.47 Å². The number of rotatable bonds is 6. The zero-order valence-corrected chi connectivity index (χ0v) is 12.9. The predicted molar refractivity (Wildman–Crippen MR) is 81.2 cm³/mol. The summed E-state index contributed by atoms with van der Waals surface area (Å²) in [4.78, 5) is 18.8. The van der Waals surface area contributed by atoms with E-state index in [1.54, 1.807) is 19.5 Å². The van der Waals surface area contributed by atoms with Gasteiger partial charge in [-0.1, -0.05) is 6.07 Å². The van der Waals surface area contributed by atoms with Gasteiger partial charge in [-0.2, -0.15) is 0 Å². The maximum Gasteiger partial charge on any atom is 0.226 e. The number of pyridine rings is 1. The van der Waals surface area contributed by atoms with Crippen molar-refractivity contribution in [2.24, 2.45) is 5.92 Å². The molecule has 0 aliphatic carbocycles. The van der Waals surface area contributed by atoms with Crippen LogP contribution in [0.3, 0.4) is 0 Å². The minimum absolute atomic E-state index is 0.00417. The minimum Gasteiger partial charge on any atom is -0.383 e. The smallest absolute Gasteiger partial charge is 0.226 e. The van der Waals surface area contributed by atoms with Crippen LogP contribution in [0.1, 0.15) is 12.0 Å². The topological polar surface area (TPSA) is 63.7 Å². The summed E-state index contributed by atoms with van der Waals surface area (Å²) in [6.45, 7) is 3.85. The fourth-order valence-corrected chi connectivity index (χ4v) is 3.24. The molecule has 1 aromatic heterocycles. The molecular weight excluding hydrogens is 282 g/mol. The summed E-state index contributed by atoms with van der Waals surface area (Å²) < 4.78 is 11.1. The number of amides is 1. The molecule has 0 spiro atoms. The predicted octanol–water partition coefficient (Wildman–Crippen LogP) is 0.434. The highest BCUT2D eigenvalue weighted by Crippen LogP contribution is 2.32. The van der Waals surface area contributed by atoms with E-state index in [0.717, 1.165) is 38.2 Å². The average Bonchev–Trinajstić information content (AvgIpc) is 2.86.